The number of aliphatic imine (C=N–C) groups is 1. The van der Waals surface area contributed by atoms with E-state index in [-0.39, 0.29) is 5.91 Å². The van der Waals surface area contributed by atoms with Crippen molar-refractivity contribution < 1.29 is 4.79 Å². The van der Waals surface area contributed by atoms with Gasteiger partial charge in [-0.3, -0.25) is 14.7 Å². The second kappa shape index (κ2) is 12.2. The summed E-state index contributed by atoms with van der Waals surface area (Å²) in [7, 11) is 3.64. The monoisotopic (exact) mass is 435 g/mol. The van der Waals surface area contributed by atoms with E-state index < -0.39 is 0 Å². The Hall–Kier alpha value is -2.86. The number of carbonyl (C=O) groups is 1. The van der Waals surface area contributed by atoms with E-state index in [1.807, 2.05) is 37.4 Å². The van der Waals surface area contributed by atoms with E-state index in [0.29, 0.717) is 31.6 Å². The number of carbonyl (C=O) groups excluding carboxylic acids is 1. The van der Waals surface area contributed by atoms with Crippen molar-refractivity contribution in [3.8, 4) is 0 Å². The Labute approximate surface area is 192 Å². The van der Waals surface area contributed by atoms with E-state index in [2.05, 4.69) is 57.8 Å². The van der Waals surface area contributed by atoms with Crippen molar-refractivity contribution in [3.63, 3.8) is 0 Å². The fourth-order valence-corrected chi connectivity index (χ4v) is 4.22. The SMILES string of the molecule is CN=C(NCCC(=O)N(C)Cc1ccccc1)NC1CCN(Cc2ccccc2)C(C)C1. The molecule has 1 amide bonds. The maximum absolute atomic E-state index is 12.5. The Morgan fingerprint density at radius 1 is 1.09 bits per heavy atom. The standard InChI is InChI=1S/C26H37N5O/c1-21-18-24(15-17-31(21)20-23-12-8-5-9-13-23)29-26(27-2)28-16-14-25(32)30(3)19-22-10-6-4-7-11-22/h4-13,21,24H,14-20H2,1-3H3,(H2,27,28,29). The molecule has 6 nitrogen and oxygen atoms in total. The molecule has 0 saturated carbocycles. The Morgan fingerprint density at radius 3 is 2.38 bits per heavy atom. The number of nitrogens with one attached hydrogen (secondary N) is 2. The lowest BCUT2D eigenvalue weighted by Crippen LogP contribution is -2.51. The number of hydrogen-bond acceptors (Lipinski definition) is 3. The molecule has 2 atom stereocenters. The second-order valence-corrected chi connectivity index (χ2v) is 8.66. The van der Waals surface area contributed by atoms with E-state index in [0.717, 1.165) is 37.5 Å². The molecular weight excluding hydrogens is 398 g/mol. The first kappa shape index (κ1) is 23.8. The summed E-state index contributed by atoms with van der Waals surface area (Å²) >= 11 is 0. The average molecular weight is 436 g/mol. The van der Waals surface area contributed by atoms with Crippen molar-refractivity contribution >= 4 is 11.9 Å². The van der Waals surface area contributed by atoms with Crippen LogP contribution < -0.4 is 10.6 Å². The molecule has 1 fully saturated rings. The van der Waals surface area contributed by atoms with E-state index in [1.54, 1.807) is 11.9 Å². The van der Waals surface area contributed by atoms with Crippen LogP contribution in [0.3, 0.4) is 0 Å². The van der Waals surface area contributed by atoms with Gasteiger partial charge in [-0.2, -0.15) is 0 Å². The summed E-state index contributed by atoms with van der Waals surface area (Å²) in [5.41, 5.74) is 2.51. The summed E-state index contributed by atoms with van der Waals surface area (Å²) in [6.45, 7) is 5.56. The topological polar surface area (TPSA) is 60.0 Å². The predicted octanol–water partition coefficient (Wildman–Crippen LogP) is 3.25. The largest absolute Gasteiger partial charge is 0.356 e. The second-order valence-electron chi connectivity index (χ2n) is 8.66. The fraction of sp³-hybridized carbons (Fsp3) is 0.462. The minimum atomic E-state index is 0.125. The van der Waals surface area contributed by atoms with Gasteiger partial charge in [-0.15, -0.1) is 0 Å². The van der Waals surface area contributed by atoms with Gasteiger partial charge in [-0.1, -0.05) is 60.7 Å². The number of amides is 1. The van der Waals surface area contributed by atoms with Crippen molar-refractivity contribution in [2.45, 2.75) is 51.4 Å². The van der Waals surface area contributed by atoms with Crippen LogP contribution in [0.25, 0.3) is 0 Å². The first-order valence-corrected chi connectivity index (χ1v) is 11.6. The quantitative estimate of drug-likeness (QED) is 0.494. The molecule has 0 bridgehead atoms. The third-order valence-corrected chi connectivity index (χ3v) is 6.13. The van der Waals surface area contributed by atoms with Gasteiger partial charge in [0.15, 0.2) is 5.96 Å². The first-order valence-electron chi connectivity index (χ1n) is 11.6. The fourth-order valence-electron chi connectivity index (χ4n) is 4.22. The lowest BCUT2D eigenvalue weighted by molar-refractivity contribution is -0.130. The molecular formula is C26H37N5O. The minimum absolute atomic E-state index is 0.125. The van der Waals surface area contributed by atoms with Crippen molar-refractivity contribution in [1.29, 1.82) is 0 Å². The summed E-state index contributed by atoms with van der Waals surface area (Å²) in [5.74, 6) is 0.900. The van der Waals surface area contributed by atoms with Crippen LogP contribution >= 0.6 is 0 Å². The molecule has 172 valence electrons. The number of hydrogen-bond donors (Lipinski definition) is 2. The smallest absolute Gasteiger partial charge is 0.224 e. The molecule has 1 saturated heterocycles. The van der Waals surface area contributed by atoms with Crippen LogP contribution in [-0.4, -0.2) is 60.9 Å². The zero-order valence-electron chi connectivity index (χ0n) is 19.6. The lowest BCUT2D eigenvalue weighted by Gasteiger charge is -2.38. The van der Waals surface area contributed by atoms with Crippen LogP contribution in [0.5, 0.6) is 0 Å². The summed E-state index contributed by atoms with van der Waals surface area (Å²) < 4.78 is 0. The van der Waals surface area contributed by atoms with Crippen LogP contribution in [0.15, 0.2) is 65.7 Å². The average Bonchev–Trinajstić information content (AvgIpc) is 2.81. The Balaban J connectivity index is 1.38. The number of nitrogens with zero attached hydrogens (tertiary/aromatic N) is 3. The molecule has 0 aromatic heterocycles. The number of benzene rings is 2. The van der Waals surface area contributed by atoms with Gasteiger partial charge in [0.05, 0.1) is 0 Å². The van der Waals surface area contributed by atoms with Gasteiger partial charge < -0.3 is 15.5 Å². The highest BCUT2D eigenvalue weighted by molar-refractivity contribution is 5.81. The van der Waals surface area contributed by atoms with Gasteiger partial charge in [0, 0.05) is 58.8 Å². The Morgan fingerprint density at radius 2 is 1.75 bits per heavy atom. The third kappa shape index (κ3) is 7.38. The number of rotatable bonds is 8. The maximum Gasteiger partial charge on any atom is 0.224 e. The zero-order chi connectivity index (χ0) is 22.8. The third-order valence-electron chi connectivity index (χ3n) is 6.13. The number of likely N-dealkylation sites (tertiary alicyclic amines) is 1. The van der Waals surface area contributed by atoms with Gasteiger partial charge in [0.2, 0.25) is 5.91 Å². The molecule has 0 radical (unpaired) electrons. The molecule has 2 N–H and O–H groups in total. The zero-order valence-corrected chi connectivity index (χ0v) is 19.6. The van der Waals surface area contributed by atoms with Crippen LogP contribution in [0.1, 0.15) is 37.3 Å². The summed E-state index contributed by atoms with van der Waals surface area (Å²) in [4.78, 5) is 21.1. The van der Waals surface area contributed by atoms with E-state index in [1.165, 1.54) is 5.56 Å². The van der Waals surface area contributed by atoms with Crippen molar-refractivity contribution in [2.24, 2.45) is 4.99 Å². The number of piperidine rings is 1. The molecule has 1 heterocycles. The van der Waals surface area contributed by atoms with Gasteiger partial charge >= 0.3 is 0 Å². The molecule has 2 unspecified atom stereocenters. The Kier molecular flexibility index (Phi) is 9.11. The Bertz CT molecular complexity index is 855. The minimum Gasteiger partial charge on any atom is -0.356 e. The highest BCUT2D eigenvalue weighted by Crippen LogP contribution is 2.19. The van der Waals surface area contributed by atoms with Crippen LogP contribution in [0, 0.1) is 0 Å². The molecule has 3 rings (SSSR count). The molecule has 2 aromatic carbocycles. The lowest BCUT2D eigenvalue weighted by atomic mass is 9.97. The molecule has 0 aliphatic carbocycles. The van der Waals surface area contributed by atoms with Crippen molar-refractivity contribution in [1.82, 2.24) is 20.4 Å². The van der Waals surface area contributed by atoms with Crippen LogP contribution in [0.2, 0.25) is 0 Å². The molecule has 1 aliphatic rings. The van der Waals surface area contributed by atoms with E-state index in [9.17, 15) is 4.79 Å². The summed E-state index contributed by atoms with van der Waals surface area (Å²) in [6.07, 6.45) is 2.60. The van der Waals surface area contributed by atoms with Crippen molar-refractivity contribution in [2.75, 3.05) is 27.2 Å². The van der Waals surface area contributed by atoms with Gasteiger partial charge in [0.25, 0.3) is 0 Å². The first-order chi connectivity index (χ1) is 15.5. The molecule has 1 aliphatic heterocycles. The maximum atomic E-state index is 12.5. The highest BCUT2D eigenvalue weighted by atomic mass is 16.2. The highest BCUT2D eigenvalue weighted by Gasteiger charge is 2.26. The van der Waals surface area contributed by atoms with E-state index >= 15 is 0 Å². The van der Waals surface area contributed by atoms with Crippen LogP contribution in [0.4, 0.5) is 0 Å². The molecule has 0 spiro atoms. The number of guanidine groups is 1. The van der Waals surface area contributed by atoms with E-state index in [4.69, 9.17) is 0 Å². The predicted molar refractivity (Wildman–Crippen MR) is 131 cm³/mol. The molecule has 32 heavy (non-hydrogen) atoms. The molecule has 6 heteroatoms. The molecule has 2 aromatic rings. The van der Waals surface area contributed by atoms with Crippen LogP contribution in [-0.2, 0) is 17.9 Å². The van der Waals surface area contributed by atoms with Gasteiger partial charge in [0.1, 0.15) is 0 Å². The van der Waals surface area contributed by atoms with Crippen molar-refractivity contribution in [3.05, 3.63) is 71.8 Å². The van der Waals surface area contributed by atoms with Gasteiger partial charge in [-0.25, -0.2) is 0 Å². The normalized spacial score (nSPS) is 19.4. The summed E-state index contributed by atoms with van der Waals surface area (Å²) in [6, 6.07) is 21.6. The van der Waals surface area contributed by atoms with Gasteiger partial charge in [-0.05, 0) is 30.9 Å². The summed E-state index contributed by atoms with van der Waals surface area (Å²) in [5, 5.41) is 6.86.